The molecule has 0 heterocycles. The number of ether oxygens (including phenoxy) is 4. The van der Waals surface area contributed by atoms with Crippen molar-refractivity contribution in [3.8, 4) is 0 Å². The lowest BCUT2D eigenvalue weighted by Gasteiger charge is -2.21. The Balaban J connectivity index is 5.17. The van der Waals surface area contributed by atoms with Crippen molar-refractivity contribution >= 4 is 39.5 Å². The molecule has 0 spiro atoms. The van der Waals surface area contributed by atoms with E-state index >= 15 is 0 Å². The molecule has 0 saturated carbocycles. The Morgan fingerprint density at radius 2 is 0.434 bits per heavy atom. The second-order valence-corrected chi connectivity index (χ2v) is 35.1. The molecule has 0 aliphatic rings. The minimum Gasteiger partial charge on any atom is -0.462 e. The van der Waals surface area contributed by atoms with Crippen molar-refractivity contribution in [2.45, 2.75) is 484 Å². The number of esters is 4. The van der Waals surface area contributed by atoms with Gasteiger partial charge in [-0.05, 0) is 37.5 Å². The van der Waals surface area contributed by atoms with Gasteiger partial charge in [0.2, 0.25) is 0 Å². The maximum Gasteiger partial charge on any atom is 0.472 e. The summed E-state index contributed by atoms with van der Waals surface area (Å²) in [5.74, 6) is -0.676. The van der Waals surface area contributed by atoms with Gasteiger partial charge >= 0.3 is 39.5 Å². The van der Waals surface area contributed by atoms with E-state index in [1.807, 2.05) is 0 Å². The van der Waals surface area contributed by atoms with Crippen LogP contribution in [0.1, 0.15) is 465 Å². The van der Waals surface area contributed by atoms with Crippen LogP contribution in [0.4, 0.5) is 0 Å². The first-order chi connectivity index (χ1) is 51.4. The first-order valence-corrected chi connectivity index (χ1v) is 48.0. The number of carbonyl (C=O) groups excluding carboxylic acids is 4. The van der Waals surface area contributed by atoms with E-state index in [0.717, 1.165) is 102 Å². The molecule has 5 atom stereocenters. The summed E-state index contributed by atoms with van der Waals surface area (Å²) >= 11 is 0. The molecule has 2 unspecified atom stereocenters. The fourth-order valence-electron chi connectivity index (χ4n) is 13.6. The van der Waals surface area contributed by atoms with Crippen molar-refractivity contribution in [1.82, 2.24) is 0 Å². The van der Waals surface area contributed by atoms with Crippen LogP contribution in [0.2, 0.25) is 0 Å². The fourth-order valence-corrected chi connectivity index (χ4v) is 15.2. The average molecular weight is 1550 g/mol. The van der Waals surface area contributed by atoms with Gasteiger partial charge in [-0.1, -0.05) is 414 Å². The summed E-state index contributed by atoms with van der Waals surface area (Å²) in [5.41, 5.74) is 0. The van der Waals surface area contributed by atoms with Gasteiger partial charge in [0.25, 0.3) is 0 Å². The van der Waals surface area contributed by atoms with Gasteiger partial charge in [0, 0.05) is 25.7 Å². The highest BCUT2D eigenvalue weighted by atomic mass is 31.2. The van der Waals surface area contributed by atoms with Crippen molar-refractivity contribution in [2.24, 2.45) is 11.8 Å². The van der Waals surface area contributed by atoms with Crippen molar-refractivity contribution < 1.29 is 80.2 Å². The summed E-state index contributed by atoms with van der Waals surface area (Å²) in [5, 5.41) is 10.7. The molecule has 0 fully saturated rings. The highest BCUT2D eigenvalue weighted by molar-refractivity contribution is 7.47. The number of rotatable bonds is 86. The number of unbranched alkanes of at least 4 members (excludes halogenated alkanes) is 56. The van der Waals surface area contributed by atoms with Crippen molar-refractivity contribution in [3.63, 3.8) is 0 Å². The summed E-state index contributed by atoms with van der Waals surface area (Å²) in [6.45, 7) is 9.56. The summed E-state index contributed by atoms with van der Waals surface area (Å²) < 4.78 is 68.8. The Morgan fingerprint density at radius 3 is 0.642 bits per heavy atom. The highest BCUT2D eigenvalue weighted by Gasteiger charge is 2.30. The van der Waals surface area contributed by atoms with Gasteiger partial charge in [-0.15, -0.1) is 0 Å². The van der Waals surface area contributed by atoms with Gasteiger partial charge in [-0.3, -0.25) is 37.3 Å². The van der Waals surface area contributed by atoms with E-state index in [1.165, 1.54) is 276 Å². The first-order valence-electron chi connectivity index (χ1n) is 45.0. The molecule has 0 aromatic carbocycles. The monoisotopic (exact) mass is 1550 g/mol. The topological polar surface area (TPSA) is 237 Å². The average Bonchev–Trinajstić information content (AvgIpc) is 0.907. The molecule has 0 amide bonds. The predicted octanol–water partition coefficient (Wildman–Crippen LogP) is 26.6. The molecule has 3 N–H and O–H groups in total. The van der Waals surface area contributed by atoms with Gasteiger partial charge in [0.05, 0.1) is 26.4 Å². The molecule has 0 radical (unpaired) electrons. The van der Waals surface area contributed by atoms with Crippen molar-refractivity contribution in [3.05, 3.63) is 0 Å². The third-order valence-electron chi connectivity index (χ3n) is 20.5. The van der Waals surface area contributed by atoms with Crippen LogP contribution in [-0.2, 0) is 65.4 Å². The quantitative estimate of drug-likeness (QED) is 0.0222. The molecular formula is C87H170O17P2. The van der Waals surface area contributed by atoms with Crippen molar-refractivity contribution in [1.29, 1.82) is 0 Å². The molecule has 17 nitrogen and oxygen atoms in total. The molecular weight excluding hydrogens is 1380 g/mol. The Bertz CT molecular complexity index is 2030. The fraction of sp³-hybridized carbons (Fsp3) is 0.954. The molecule has 0 bridgehead atoms. The Labute approximate surface area is 651 Å². The molecule has 0 saturated heterocycles. The third kappa shape index (κ3) is 80.1. The molecule has 0 aromatic rings. The van der Waals surface area contributed by atoms with Crippen LogP contribution in [-0.4, -0.2) is 96.7 Å². The molecule has 0 aliphatic carbocycles. The lowest BCUT2D eigenvalue weighted by atomic mass is 10.0. The van der Waals surface area contributed by atoms with E-state index < -0.39 is 97.5 Å². The molecule has 630 valence electrons. The standard InChI is InChI=1S/C87H170O17P2/c1-7-9-11-13-15-17-19-21-23-25-27-29-31-33-35-37-39-41-46-50-57-63-69-84(89)97-75-82(103-86(91)71-65-59-51-47-42-40-38-36-34-32-30-28-26-24-22-20-18-16-14-12-10-8-2)77-101-105(93,94)99-73-81(88)74-100-106(95,96)102-78-83(76-98-85(90)70-64-58-54-53-56-62-68-80(5)6)104-87(92)72-66-60-52-48-44-43-45-49-55-61-67-79(3)4/h79-83,88H,7-78H2,1-6H3,(H,93,94)(H,95,96)/t81-,82-,83-/m1/s1. The predicted molar refractivity (Wildman–Crippen MR) is 437 cm³/mol. The van der Waals surface area contributed by atoms with Crippen LogP contribution < -0.4 is 0 Å². The normalized spacial score (nSPS) is 13.8. The minimum absolute atomic E-state index is 0.105. The number of hydrogen-bond acceptors (Lipinski definition) is 15. The van der Waals surface area contributed by atoms with Crippen LogP contribution in [0.3, 0.4) is 0 Å². The van der Waals surface area contributed by atoms with Gasteiger partial charge in [-0.2, -0.15) is 0 Å². The van der Waals surface area contributed by atoms with E-state index in [9.17, 15) is 43.2 Å². The zero-order chi connectivity index (χ0) is 77.8. The van der Waals surface area contributed by atoms with Gasteiger partial charge in [0.1, 0.15) is 19.3 Å². The zero-order valence-corrected chi connectivity index (χ0v) is 71.5. The number of aliphatic hydroxyl groups excluding tert-OH is 1. The van der Waals surface area contributed by atoms with E-state index in [2.05, 4.69) is 41.5 Å². The lowest BCUT2D eigenvalue weighted by Crippen LogP contribution is -2.30. The molecule has 19 heteroatoms. The summed E-state index contributed by atoms with van der Waals surface area (Å²) in [7, 11) is -9.93. The maximum absolute atomic E-state index is 13.2. The molecule has 0 aliphatic heterocycles. The second kappa shape index (κ2) is 78.3. The van der Waals surface area contributed by atoms with E-state index in [0.29, 0.717) is 31.6 Å². The van der Waals surface area contributed by atoms with Gasteiger partial charge in [-0.25, -0.2) is 9.13 Å². The lowest BCUT2D eigenvalue weighted by molar-refractivity contribution is -0.161. The molecule has 0 aromatic heterocycles. The summed E-state index contributed by atoms with van der Waals surface area (Å²) in [6.07, 6.45) is 71.4. The minimum atomic E-state index is -4.97. The molecule has 0 rings (SSSR count). The van der Waals surface area contributed by atoms with Crippen LogP contribution >= 0.6 is 15.6 Å². The number of phosphoric acid groups is 2. The van der Waals surface area contributed by atoms with Crippen LogP contribution in [0.5, 0.6) is 0 Å². The Hall–Kier alpha value is -1.94. The first kappa shape index (κ1) is 104. The van der Waals surface area contributed by atoms with Crippen LogP contribution in [0.15, 0.2) is 0 Å². The van der Waals surface area contributed by atoms with E-state index in [1.54, 1.807) is 0 Å². The second-order valence-electron chi connectivity index (χ2n) is 32.2. The maximum atomic E-state index is 13.2. The number of carbonyl (C=O) groups is 4. The molecule has 106 heavy (non-hydrogen) atoms. The highest BCUT2D eigenvalue weighted by Crippen LogP contribution is 2.45. The van der Waals surface area contributed by atoms with Crippen LogP contribution in [0, 0.1) is 11.8 Å². The van der Waals surface area contributed by atoms with Crippen LogP contribution in [0.25, 0.3) is 0 Å². The Kier molecular flexibility index (Phi) is 76.9. The number of phosphoric ester groups is 2. The zero-order valence-electron chi connectivity index (χ0n) is 69.7. The van der Waals surface area contributed by atoms with Gasteiger partial charge < -0.3 is 33.8 Å². The van der Waals surface area contributed by atoms with E-state index in [-0.39, 0.29) is 25.7 Å². The smallest absolute Gasteiger partial charge is 0.462 e. The number of hydrogen-bond donors (Lipinski definition) is 3. The number of aliphatic hydroxyl groups is 1. The Morgan fingerprint density at radius 1 is 0.255 bits per heavy atom. The van der Waals surface area contributed by atoms with Gasteiger partial charge in [0.15, 0.2) is 12.2 Å². The largest absolute Gasteiger partial charge is 0.472 e. The van der Waals surface area contributed by atoms with Crippen molar-refractivity contribution in [2.75, 3.05) is 39.6 Å². The summed E-state index contributed by atoms with van der Waals surface area (Å²) in [6, 6.07) is 0. The van der Waals surface area contributed by atoms with E-state index in [4.69, 9.17) is 37.0 Å². The third-order valence-corrected chi connectivity index (χ3v) is 22.4. The summed E-state index contributed by atoms with van der Waals surface area (Å²) in [4.78, 5) is 73.1. The SMILES string of the molecule is CCCCCCCCCCCCCCCCCCCCCCCCC(=O)OC[C@H](COP(=O)(O)OC[C@@H](O)COP(=O)(O)OC[C@@H](COC(=O)CCCCCCCCC(C)C)OC(=O)CCCCCCCCCCCCC(C)C)OC(=O)CCCCCCCCCCCCCCCCCCCCCCCC.